The molecule has 1 amide bonds. The first-order valence-electron chi connectivity index (χ1n) is 9.04. The van der Waals surface area contributed by atoms with Crippen molar-refractivity contribution in [2.24, 2.45) is 17.3 Å². The monoisotopic (exact) mass is 311 g/mol. The van der Waals surface area contributed by atoms with Gasteiger partial charge in [-0.05, 0) is 53.7 Å². The minimum atomic E-state index is 0.126. The van der Waals surface area contributed by atoms with Crippen LogP contribution in [0, 0.1) is 17.3 Å². The zero-order valence-corrected chi connectivity index (χ0v) is 14.7. The normalized spacial score (nSPS) is 25.6. The van der Waals surface area contributed by atoms with E-state index in [0.29, 0.717) is 5.92 Å². The number of hydrogen-bond acceptors (Lipinski definition) is 1. The molecular weight excluding hydrogens is 282 g/mol. The Morgan fingerprint density at radius 1 is 1.30 bits per heavy atom. The van der Waals surface area contributed by atoms with Crippen LogP contribution < -0.4 is 5.32 Å². The van der Waals surface area contributed by atoms with Crippen LogP contribution in [0.3, 0.4) is 0 Å². The lowest BCUT2D eigenvalue weighted by molar-refractivity contribution is -0.132. The highest BCUT2D eigenvalue weighted by atomic mass is 16.1. The highest BCUT2D eigenvalue weighted by molar-refractivity contribution is 5.80. The summed E-state index contributed by atoms with van der Waals surface area (Å²) < 4.78 is 0. The van der Waals surface area contributed by atoms with Gasteiger partial charge in [0.1, 0.15) is 0 Å². The molecule has 2 atom stereocenters. The van der Waals surface area contributed by atoms with E-state index in [1.165, 1.54) is 29.5 Å². The average molecular weight is 311 g/mol. The van der Waals surface area contributed by atoms with Crippen LogP contribution in [0.1, 0.15) is 57.6 Å². The van der Waals surface area contributed by atoms with Gasteiger partial charge in [-0.15, -0.1) is 0 Å². The molecule has 1 aromatic carbocycles. The van der Waals surface area contributed by atoms with Gasteiger partial charge >= 0.3 is 0 Å². The second-order valence-electron chi connectivity index (χ2n) is 7.97. The molecule has 0 heterocycles. The van der Waals surface area contributed by atoms with E-state index in [1.54, 1.807) is 0 Å². The summed E-state index contributed by atoms with van der Waals surface area (Å²) in [5.74, 6) is 0.903. The van der Waals surface area contributed by atoms with Crippen LogP contribution in [0.4, 0.5) is 0 Å². The lowest BCUT2D eigenvalue weighted by atomic mass is 9.64. The Bertz CT molecular complexity index is 614. The van der Waals surface area contributed by atoms with Gasteiger partial charge in [-0.25, -0.2) is 0 Å². The summed E-state index contributed by atoms with van der Waals surface area (Å²) in [6.07, 6.45) is 7.87. The molecule has 0 radical (unpaired) electrons. The molecule has 1 saturated carbocycles. The SMILES string of the molecule is CC1CCCC(C)(C)C1C(=O)NCCC1=CCc2ccccc21. The van der Waals surface area contributed by atoms with E-state index in [1.807, 2.05) is 0 Å². The van der Waals surface area contributed by atoms with E-state index < -0.39 is 0 Å². The van der Waals surface area contributed by atoms with E-state index in [2.05, 4.69) is 56.4 Å². The number of allylic oxidation sites excluding steroid dienone is 1. The predicted octanol–water partition coefficient (Wildman–Crippen LogP) is 4.59. The van der Waals surface area contributed by atoms with Crippen LogP contribution in [-0.2, 0) is 11.2 Å². The number of hydrogen-bond donors (Lipinski definition) is 1. The van der Waals surface area contributed by atoms with Crippen LogP contribution in [0.2, 0.25) is 0 Å². The van der Waals surface area contributed by atoms with Crippen molar-refractivity contribution in [3.8, 4) is 0 Å². The molecule has 2 nitrogen and oxygen atoms in total. The Kier molecular flexibility index (Phi) is 4.61. The molecule has 0 bridgehead atoms. The van der Waals surface area contributed by atoms with Crippen molar-refractivity contribution in [3.63, 3.8) is 0 Å². The fraction of sp³-hybridized carbons (Fsp3) is 0.571. The lowest BCUT2D eigenvalue weighted by Crippen LogP contribution is -2.45. The zero-order chi connectivity index (χ0) is 16.4. The van der Waals surface area contributed by atoms with Crippen LogP contribution in [0.25, 0.3) is 5.57 Å². The molecule has 23 heavy (non-hydrogen) atoms. The second-order valence-corrected chi connectivity index (χ2v) is 7.97. The van der Waals surface area contributed by atoms with Gasteiger partial charge in [0.25, 0.3) is 0 Å². The smallest absolute Gasteiger partial charge is 0.223 e. The summed E-state index contributed by atoms with van der Waals surface area (Å²) in [7, 11) is 0. The standard InChI is InChI=1S/C21H29NO/c1-15-7-6-13-21(2,3)19(15)20(23)22-14-12-17-11-10-16-8-4-5-9-18(16)17/h4-5,8-9,11,15,19H,6-7,10,12-14H2,1-3H3,(H,22,23). The third-order valence-electron chi connectivity index (χ3n) is 5.80. The van der Waals surface area contributed by atoms with Gasteiger partial charge in [-0.2, -0.15) is 0 Å². The molecule has 0 aliphatic heterocycles. The molecule has 1 fully saturated rings. The summed E-state index contributed by atoms with van der Waals surface area (Å²) in [5.41, 5.74) is 4.29. The maximum atomic E-state index is 12.7. The molecule has 0 aromatic heterocycles. The average Bonchev–Trinajstić information content (AvgIpc) is 2.90. The first-order chi connectivity index (χ1) is 11.0. The number of fused-ring (bicyclic) bond motifs is 1. The minimum Gasteiger partial charge on any atom is -0.356 e. The maximum absolute atomic E-state index is 12.7. The maximum Gasteiger partial charge on any atom is 0.223 e. The Labute approximate surface area is 140 Å². The third-order valence-corrected chi connectivity index (χ3v) is 5.80. The summed E-state index contributed by atoms with van der Waals surface area (Å²) in [6.45, 7) is 7.49. The zero-order valence-electron chi connectivity index (χ0n) is 14.7. The highest BCUT2D eigenvalue weighted by Gasteiger charge is 2.41. The van der Waals surface area contributed by atoms with Crippen LogP contribution in [-0.4, -0.2) is 12.5 Å². The van der Waals surface area contributed by atoms with Crippen molar-refractivity contribution in [2.75, 3.05) is 6.54 Å². The summed E-state index contributed by atoms with van der Waals surface area (Å²) in [5, 5.41) is 3.22. The van der Waals surface area contributed by atoms with Crippen LogP contribution >= 0.6 is 0 Å². The van der Waals surface area contributed by atoms with Gasteiger partial charge < -0.3 is 5.32 Å². The van der Waals surface area contributed by atoms with Crippen molar-refractivity contribution in [1.29, 1.82) is 0 Å². The van der Waals surface area contributed by atoms with E-state index >= 15 is 0 Å². The van der Waals surface area contributed by atoms with Gasteiger partial charge in [0, 0.05) is 12.5 Å². The molecule has 124 valence electrons. The molecule has 2 unspecified atom stereocenters. The quantitative estimate of drug-likeness (QED) is 0.865. The topological polar surface area (TPSA) is 29.1 Å². The van der Waals surface area contributed by atoms with Gasteiger partial charge in [0.05, 0.1) is 0 Å². The fourth-order valence-corrected chi connectivity index (χ4v) is 4.61. The second kappa shape index (κ2) is 6.51. The van der Waals surface area contributed by atoms with E-state index in [4.69, 9.17) is 0 Å². The third kappa shape index (κ3) is 3.36. The first kappa shape index (κ1) is 16.3. The Morgan fingerprint density at radius 2 is 2.09 bits per heavy atom. The van der Waals surface area contributed by atoms with Gasteiger partial charge in [-0.3, -0.25) is 4.79 Å². The van der Waals surface area contributed by atoms with Gasteiger partial charge in [-0.1, -0.05) is 57.5 Å². The predicted molar refractivity (Wildman–Crippen MR) is 96.0 cm³/mol. The minimum absolute atomic E-state index is 0.126. The van der Waals surface area contributed by atoms with E-state index in [0.717, 1.165) is 25.8 Å². The van der Waals surface area contributed by atoms with E-state index in [-0.39, 0.29) is 17.2 Å². The largest absolute Gasteiger partial charge is 0.356 e. The fourth-order valence-electron chi connectivity index (χ4n) is 4.61. The molecule has 3 rings (SSSR count). The number of carbonyl (C=O) groups is 1. The van der Waals surface area contributed by atoms with E-state index in [9.17, 15) is 4.79 Å². The van der Waals surface area contributed by atoms with Crippen molar-refractivity contribution in [2.45, 2.75) is 52.9 Å². The number of amides is 1. The number of rotatable bonds is 4. The first-order valence-corrected chi connectivity index (χ1v) is 9.04. The van der Waals surface area contributed by atoms with Crippen molar-refractivity contribution >= 4 is 11.5 Å². The van der Waals surface area contributed by atoms with Crippen molar-refractivity contribution in [3.05, 3.63) is 41.5 Å². The number of carbonyl (C=O) groups excluding carboxylic acids is 1. The Morgan fingerprint density at radius 3 is 2.87 bits per heavy atom. The van der Waals surface area contributed by atoms with Gasteiger partial charge in [0.15, 0.2) is 0 Å². The molecule has 2 aliphatic carbocycles. The molecule has 1 N–H and O–H groups in total. The molecular formula is C21H29NO. The summed E-state index contributed by atoms with van der Waals surface area (Å²) in [6, 6.07) is 8.60. The molecule has 2 heteroatoms. The summed E-state index contributed by atoms with van der Waals surface area (Å²) >= 11 is 0. The summed E-state index contributed by atoms with van der Waals surface area (Å²) in [4.78, 5) is 12.7. The lowest BCUT2D eigenvalue weighted by Gasteiger charge is -2.41. The molecule has 1 aromatic rings. The van der Waals surface area contributed by atoms with Crippen molar-refractivity contribution < 1.29 is 4.79 Å². The van der Waals surface area contributed by atoms with Crippen LogP contribution in [0.15, 0.2) is 30.3 Å². The Hall–Kier alpha value is -1.57. The molecule has 0 spiro atoms. The highest BCUT2D eigenvalue weighted by Crippen LogP contribution is 2.43. The molecule has 0 saturated heterocycles. The number of nitrogens with one attached hydrogen (secondary N) is 1. The van der Waals surface area contributed by atoms with Crippen molar-refractivity contribution in [1.82, 2.24) is 5.32 Å². The Balaban J connectivity index is 1.56. The van der Waals surface area contributed by atoms with Gasteiger partial charge in [0.2, 0.25) is 5.91 Å². The van der Waals surface area contributed by atoms with Crippen LogP contribution in [0.5, 0.6) is 0 Å². The molecule has 2 aliphatic rings. The number of benzene rings is 1.